The van der Waals surface area contributed by atoms with E-state index in [1.54, 1.807) is 0 Å². The van der Waals surface area contributed by atoms with Crippen LogP contribution in [0.25, 0.3) is 0 Å². The molecule has 0 atom stereocenters. The summed E-state index contributed by atoms with van der Waals surface area (Å²) in [5, 5.41) is 8.74. The molecule has 8 nitrogen and oxygen atoms in total. The Labute approximate surface area is 177 Å². The number of hydrogen-bond acceptors (Lipinski definition) is 6. The zero-order chi connectivity index (χ0) is 20.8. The van der Waals surface area contributed by atoms with Crippen molar-refractivity contribution in [1.29, 1.82) is 0 Å². The summed E-state index contributed by atoms with van der Waals surface area (Å²) in [4.78, 5) is 8.99. The number of aliphatic imine (C=N–C) groups is 2. The second kappa shape index (κ2) is 14.2. The van der Waals surface area contributed by atoms with E-state index in [9.17, 15) is 0 Å². The van der Waals surface area contributed by atoms with Gasteiger partial charge in [-0.3, -0.25) is 15.8 Å². The quantitative estimate of drug-likeness (QED) is 0.239. The number of nitrogens with one attached hydrogen (secondary N) is 2. The van der Waals surface area contributed by atoms with Crippen molar-refractivity contribution in [3.05, 3.63) is 0 Å². The van der Waals surface area contributed by atoms with Crippen LogP contribution in [0.4, 0.5) is 0 Å². The van der Waals surface area contributed by atoms with Crippen molar-refractivity contribution in [2.24, 2.45) is 31.7 Å². The maximum atomic E-state index is 5.43. The predicted molar refractivity (Wildman–Crippen MR) is 128 cm³/mol. The Morgan fingerprint density at radius 1 is 0.741 bits per heavy atom. The third-order valence-electron chi connectivity index (χ3n) is 3.19. The molecule has 0 saturated carbocycles. The summed E-state index contributed by atoms with van der Waals surface area (Å²) in [6.45, 7) is 8.03. The van der Waals surface area contributed by atoms with E-state index in [4.69, 9.17) is 48.1 Å². The first kappa shape index (κ1) is 25.1. The van der Waals surface area contributed by atoms with E-state index in [-0.39, 0.29) is 5.11 Å². The second-order valence-corrected chi connectivity index (χ2v) is 7.30. The molecule has 27 heavy (non-hydrogen) atoms. The van der Waals surface area contributed by atoms with E-state index in [1.807, 2.05) is 27.7 Å². The molecule has 0 aromatic rings. The van der Waals surface area contributed by atoms with Crippen molar-refractivity contribution in [2.75, 3.05) is 6.54 Å². The molecule has 0 bridgehead atoms. The summed E-state index contributed by atoms with van der Waals surface area (Å²) in [5.41, 5.74) is 19.7. The first-order valence-corrected chi connectivity index (χ1v) is 9.56. The van der Waals surface area contributed by atoms with Gasteiger partial charge in [0.15, 0.2) is 5.11 Å². The monoisotopic (exact) mass is 428 g/mol. The number of rotatable bonds is 10. The molecule has 0 aromatic carbocycles. The van der Waals surface area contributed by atoms with Crippen molar-refractivity contribution in [2.45, 2.75) is 53.4 Å². The average molecular weight is 429 g/mol. The highest BCUT2D eigenvalue weighted by Gasteiger charge is 2.00. The van der Waals surface area contributed by atoms with Crippen LogP contribution in [0.2, 0.25) is 0 Å². The van der Waals surface area contributed by atoms with Crippen LogP contribution >= 0.6 is 36.7 Å². The Hall–Kier alpha value is -1.85. The van der Waals surface area contributed by atoms with Gasteiger partial charge in [-0.05, 0) is 77.8 Å². The van der Waals surface area contributed by atoms with Gasteiger partial charge in [0, 0.05) is 22.8 Å². The van der Waals surface area contributed by atoms with Crippen LogP contribution in [-0.4, -0.2) is 44.6 Å². The van der Waals surface area contributed by atoms with Crippen molar-refractivity contribution in [3.63, 3.8) is 0 Å². The van der Waals surface area contributed by atoms with Gasteiger partial charge in [-0.15, -0.1) is 0 Å². The van der Waals surface area contributed by atoms with E-state index in [0.29, 0.717) is 16.6 Å². The molecule has 0 amide bonds. The molecule has 11 heteroatoms. The van der Waals surface area contributed by atoms with E-state index in [2.05, 4.69) is 31.0 Å². The lowest BCUT2D eigenvalue weighted by atomic mass is 10.2. The van der Waals surface area contributed by atoms with Gasteiger partial charge in [0.2, 0.25) is 5.11 Å². The molecular formula is C16H28N8S3. The van der Waals surface area contributed by atoms with E-state index >= 15 is 0 Å². The fourth-order valence-corrected chi connectivity index (χ4v) is 1.99. The zero-order valence-electron chi connectivity index (χ0n) is 16.2. The van der Waals surface area contributed by atoms with Gasteiger partial charge in [0.25, 0.3) is 0 Å². The van der Waals surface area contributed by atoms with Crippen LogP contribution < -0.4 is 22.3 Å². The summed E-state index contributed by atoms with van der Waals surface area (Å²) < 4.78 is 0. The van der Waals surface area contributed by atoms with Crippen LogP contribution in [0.15, 0.2) is 20.2 Å². The fraction of sp³-hybridized carbons (Fsp3) is 0.562. The third kappa shape index (κ3) is 16.1. The topological polar surface area (TPSA) is 126 Å². The molecule has 6 N–H and O–H groups in total. The van der Waals surface area contributed by atoms with E-state index in [1.165, 1.54) is 0 Å². The molecule has 0 aliphatic carbocycles. The molecule has 0 aromatic heterocycles. The molecule has 0 aliphatic rings. The maximum Gasteiger partial charge on any atom is 0.213 e. The Morgan fingerprint density at radius 3 is 1.74 bits per heavy atom. The summed E-state index contributed by atoms with van der Waals surface area (Å²) in [5.74, 6) is 0. The van der Waals surface area contributed by atoms with Gasteiger partial charge >= 0.3 is 0 Å². The van der Waals surface area contributed by atoms with Crippen molar-refractivity contribution in [1.82, 2.24) is 10.9 Å². The molecule has 0 fully saturated rings. The highest BCUT2D eigenvalue weighted by Crippen LogP contribution is 1.98. The van der Waals surface area contributed by atoms with Crippen LogP contribution in [-0.2, 0) is 0 Å². The van der Waals surface area contributed by atoms with Crippen LogP contribution in [0.3, 0.4) is 0 Å². The molecule has 0 radical (unpaired) electrons. The first-order valence-electron chi connectivity index (χ1n) is 8.34. The van der Waals surface area contributed by atoms with Crippen molar-refractivity contribution in [3.8, 4) is 0 Å². The maximum absolute atomic E-state index is 5.43. The summed E-state index contributed by atoms with van der Waals surface area (Å²) in [6.07, 6.45) is 2.99. The van der Waals surface area contributed by atoms with Crippen LogP contribution in [0.5, 0.6) is 0 Å². The van der Waals surface area contributed by atoms with Crippen molar-refractivity contribution >= 4 is 74.7 Å². The largest absolute Gasteiger partial charge is 0.392 e. The van der Waals surface area contributed by atoms with Crippen LogP contribution in [0.1, 0.15) is 53.4 Å². The molecule has 0 heterocycles. The van der Waals surface area contributed by atoms with Gasteiger partial charge in [-0.1, -0.05) is 12.2 Å². The lowest BCUT2D eigenvalue weighted by molar-refractivity contribution is 0.983. The minimum absolute atomic E-state index is 0.141. The fourth-order valence-electron chi connectivity index (χ4n) is 1.68. The zero-order valence-corrected chi connectivity index (χ0v) is 18.7. The lowest BCUT2D eigenvalue weighted by Crippen LogP contribution is -2.25. The van der Waals surface area contributed by atoms with Crippen LogP contribution in [0, 0.1) is 0 Å². The van der Waals surface area contributed by atoms with E-state index in [0.717, 1.165) is 48.5 Å². The standard InChI is InChI=1S/C16H28N8S3/c1-10(19-9-14(17)25)5-7-13(4)22-24-16(27)20-11(2)6-8-12(3)21-23-15(18)26/h5-9H2,1-4H3,(H2,17,25)(H,24,27)(H3,18,23,26)/b19-10?,20-11?,21-12+,22-13+. The molecule has 0 rings (SSSR count). The predicted octanol–water partition coefficient (Wildman–Crippen LogP) is 2.21. The molecule has 0 unspecified atom stereocenters. The normalized spacial score (nSPS) is 13.3. The average Bonchev–Trinajstić information content (AvgIpc) is 2.59. The Balaban J connectivity index is 4.34. The molecule has 0 aliphatic heterocycles. The Morgan fingerprint density at radius 2 is 1.22 bits per heavy atom. The van der Waals surface area contributed by atoms with E-state index < -0.39 is 0 Å². The number of thiocarbonyl (C=S) groups is 3. The van der Waals surface area contributed by atoms with Gasteiger partial charge in [0.1, 0.15) is 0 Å². The molecule has 0 spiro atoms. The number of nitrogens with two attached hydrogens (primary N) is 2. The SMILES string of the molecule is CC(CC/C(C)=N/NC(=S)N=C(C)CC/C(C)=N/NC(N)=S)=NCC(N)=S. The minimum Gasteiger partial charge on any atom is -0.392 e. The molecular weight excluding hydrogens is 400 g/mol. The number of nitrogens with zero attached hydrogens (tertiary/aromatic N) is 4. The summed E-state index contributed by atoms with van der Waals surface area (Å²) in [6, 6.07) is 0. The molecule has 150 valence electrons. The Kier molecular flexibility index (Phi) is 13.3. The lowest BCUT2D eigenvalue weighted by Gasteiger charge is -2.05. The first-order chi connectivity index (χ1) is 12.6. The van der Waals surface area contributed by atoms with Crippen molar-refractivity contribution < 1.29 is 0 Å². The highest BCUT2D eigenvalue weighted by molar-refractivity contribution is 7.80. The number of hydrazone groups is 2. The third-order valence-corrected chi connectivity index (χ3v) is 3.60. The highest BCUT2D eigenvalue weighted by atomic mass is 32.1. The van der Waals surface area contributed by atoms with Gasteiger partial charge < -0.3 is 11.5 Å². The van der Waals surface area contributed by atoms with Gasteiger partial charge in [0.05, 0.1) is 11.5 Å². The van der Waals surface area contributed by atoms with Gasteiger partial charge in [-0.25, -0.2) is 4.99 Å². The second-order valence-electron chi connectivity index (χ2n) is 5.95. The number of hydrogen-bond donors (Lipinski definition) is 4. The van der Waals surface area contributed by atoms with Gasteiger partial charge in [-0.2, -0.15) is 10.2 Å². The minimum atomic E-state index is 0.141. The molecule has 0 saturated heterocycles. The Bertz CT molecular complexity index is 665. The summed E-state index contributed by atoms with van der Waals surface area (Å²) >= 11 is 14.7. The summed E-state index contributed by atoms with van der Waals surface area (Å²) in [7, 11) is 0. The smallest absolute Gasteiger partial charge is 0.213 e.